The third-order valence-electron chi connectivity index (χ3n) is 3.59. The minimum atomic E-state index is -0.991. The highest BCUT2D eigenvalue weighted by atomic mass is 32.2. The van der Waals surface area contributed by atoms with E-state index in [9.17, 15) is 13.7 Å². The second-order valence-corrected chi connectivity index (χ2v) is 6.57. The Morgan fingerprint density at radius 1 is 1.18 bits per heavy atom. The number of rotatable bonds is 6. The zero-order valence-electron chi connectivity index (χ0n) is 12.6. The molecule has 2 aromatic carbocycles. The van der Waals surface area contributed by atoms with Gasteiger partial charge in [0, 0.05) is 40.1 Å². The minimum absolute atomic E-state index is 0.000708. The Labute approximate surface area is 132 Å². The molecule has 118 valence electrons. The van der Waals surface area contributed by atoms with Crippen molar-refractivity contribution in [3.05, 3.63) is 65.5 Å². The van der Waals surface area contributed by atoms with E-state index in [1.807, 2.05) is 31.2 Å². The molecule has 0 amide bonds. The lowest BCUT2D eigenvalue weighted by atomic mass is 10.1. The van der Waals surface area contributed by atoms with Crippen molar-refractivity contribution < 1.29 is 13.7 Å². The van der Waals surface area contributed by atoms with E-state index in [-0.39, 0.29) is 12.6 Å². The summed E-state index contributed by atoms with van der Waals surface area (Å²) in [4.78, 5) is 0.780. The van der Waals surface area contributed by atoms with Crippen LogP contribution in [-0.2, 0) is 10.8 Å². The minimum Gasteiger partial charge on any atom is -0.387 e. The Balaban J connectivity index is 1.96. The van der Waals surface area contributed by atoms with Crippen LogP contribution >= 0.6 is 0 Å². The van der Waals surface area contributed by atoms with Crippen LogP contribution in [0.15, 0.2) is 53.4 Å². The van der Waals surface area contributed by atoms with E-state index in [4.69, 9.17) is 0 Å². The molecule has 0 saturated carbocycles. The van der Waals surface area contributed by atoms with Gasteiger partial charge in [-0.05, 0) is 30.7 Å². The predicted octanol–water partition coefficient (Wildman–Crippen LogP) is 2.95. The summed E-state index contributed by atoms with van der Waals surface area (Å²) in [5.41, 5.74) is 1.31. The van der Waals surface area contributed by atoms with Crippen molar-refractivity contribution in [2.24, 2.45) is 0 Å². The molecule has 2 rings (SSSR count). The van der Waals surface area contributed by atoms with Crippen LogP contribution in [0, 0.1) is 5.82 Å². The van der Waals surface area contributed by atoms with Gasteiger partial charge in [-0.1, -0.05) is 30.3 Å². The highest BCUT2D eigenvalue weighted by Crippen LogP contribution is 2.19. The Kier molecular flexibility index (Phi) is 5.83. The fourth-order valence-electron chi connectivity index (χ4n) is 2.21. The smallest absolute Gasteiger partial charge is 0.129 e. The predicted molar refractivity (Wildman–Crippen MR) is 86.6 cm³/mol. The molecule has 0 fully saturated rings. The van der Waals surface area contributed by atoms with Gasteiger partial charge < -0.3 is 10.4 Å². The molecule has 0 aliphatic heterocycles. The zero-order chi connectivity index (χ0) is 16.1. The SMILES string of the molecule is CC(NCC(O)c1ccccc1F)c1ccc(S(C)=O)cc1. The van der Waals surface area contributed by atoms with Gasteiger partial charge in [-0.3, -0.25) is 4.21 Å². The van der Waals surface area contributed by atoms with E-state index in [1.165, 1.54) is 6.07 Å². The second-order valence-electron chi connectivity index (χ2n) is 5.19. The number of hydrogen-bond acceptors (Lipinski definition) is 3. The summed E-state index contributed by atoms with van der Waals surface area (Å²) in [6.07, 6.45) is 0.743. The first-order valence-corrected chi connectivity index (χ1v) is 8.64. The van der Waals surface area contributed by atoms with Gasteiger partial charge in [0.05, 0.1) is 6.10 Å². The number of aliphatic hydroxyl groups excluding tert-OH is 1. The van der Waals surface area contributed by atoms with E-state index in [0.29, 0.717) is 5.56 Å². The largest absolute Gasteiger partial charge is 0.387 e. The van der Waals surface area contributed by atoms with Crippen LogP contribution in [0.4, 0.5) is 4.39 Å². The van der Waals surface area contributed by atoms with E-state index in [1.54, 1.807) is 24.5 Å². The van der Waals surface area contributed by atoms with Gasteiger partial charge in [0.25, 0.3) is 0 Å². The van der Waals surface area contributed by atoms with E-state index in [0.717, 1.165) is 10.5 Å². The molecule has 0 heterocycles. The van der Waals surface area contributed by atoms with Gasteiger partial charge in [-0.25, -0.2) is 4.39 Å². The third-order valence-corrected chi connectivity index (χ3v) is 4.53. The number of nitrogens with one attached hydrogen (secondary N) is 1. The Morgan fingerprint density at radius 3 is 2.41 bits per heavy atom. The molecule has 22 heavy (non-hydrogen) atoms. The van der Waals surface area contributed by atoms with Crippen LogP contribution < -0.4 is 5.32 Å². The maximum Gasteiger partial charge on any atom is 0.129 e. The van der Waals surface area contributed by atoms with E-state index < -0.39 is 22.7 Å². The maximum atomic E-state index is 13.6. The molecule has 2 N–H and O–H groups in total. The van der Waals surface area contributed by atoms with Gasteiger partial charge >= 0.3 is 0 Å². The first kappa shape index (κ1) is 16.8. The molecule has 0 spiro atoms. The standard InChI is InChI=1S/C17H20FNO2S/c1-12(13-7-9-14(10-8-13)22(2)21)19-11-17(20)15-5-3-4-6-16(15)18/h3-10,12,17,19-20H,11H2,1-2H3. The molecule has 5 heteroatoms. The quantitative estimate of drug-likeness (QED) is 0.860. The molecule has 0 bridgehead atoms. The van der Waals surface area contributed by atoms with Crippen LogP contribution in [0.1, 0.15) is 30.2 Å². The van der Waals surface area contributed by atoms with Gasteiger partial charge in [0.15, 0.2) is 0 Å². The summed E-state index contributed by atoms with van der Waals surface area (Å²) < 4.78 is 24.9. The lowest BCUT2D eigenvalue weighted by Gasteiger charge is -2.18. The average molecular weight is 321 g/mol. The van der Waals surface area contributed by atoms with Crippen molar-refractivity contribution in [1.29, 1.82) is 0 Å². The third kappa shape index (κ3) is 4.22. The van der Waals surface area contributed by atoms with Crippen molar-refractivity contribution in [2.45, 2.75) is 24.0 Å². The molecule has 0 radical (unpaired) electrons. The van der Waals surface area contributed by atoms with Crippen LogP contribution in [0.2, 0.25) is 0 Å². The Hall–Kier alpha value is -1.56. The average Bonchev–Trinajstić information content (AvgIpc) is 2.52. The van der Waals surface area contributed by atoms with Crippen LogP contribution in [0.3, 0.4) is 0 Å². The summed E-state index contributed by atoms with van der Waals surface area (Å²) >= 11 is 0. The lowest BCUT2D eigenvalue weighted by molar-refractivity contribution is 0.166. The highest BCUT2D eigenvalue weighted by Gasteiger charge is 2.14. The summed E-state index contributed by atoms with van der Waals surface area (Å²) in [7, 11) is -0.991. The summed E-state index contributed by atoms with van der Waals surface area (Å²) in [6.45, 7) is 2.22. The van der Waals surface area contributed by atoms with Crippen LogP contribution in [-0.4, -0.2) is 22.1 Å². The van der Waals surface area contributed by atoms with Crippen molar-refractivity contribution in [1.82, 2.24) is 5.32 Å². The van der Waals surface area contributed by atoms with Crippen LogP contribution in [0.25, 0.3) is 0 Å². The Bertz CT molecular complexity index is 645. The second kappa shape index (κ2) is 7.63. The number of hydrogen-bond donors (Lipinski definition) is 2. The molecule has 0 aliphatic carbocycles. The molecule has 0 aliphatic rings. The molecular weight excluding hydrogens is 301 g/mol. The molecule has 3 unspecified atom stereocenters. The summed E-state index contributed by atoms with van der Waals surface area (Å²) in [5.74, 6) is -0.403. The van der Waals surface area contributed by atoms with Crippen molar-refractivity contribution in [3.63, 3.8) is 0 Å². The summed E-state index contributed by atoms with van der Waals surface area (Å²) in [5, 5.41) is 13.3. The van der Waals surface area contributed by atoms with Crippen molar-refractivity contribution >= 4 is 10.8 Å². The van der Waals surface area contributed by atoms with Gasteiger partial charge in [-0.2, -0.15) is 0 Å². The fraction of sp³-hybridized carbons (Fsp3) is 0.294. The van der Waals surface area contributed by atoms with Gasteiger partial charge in [-0.15, -0.1) is 0 Å². The molecular formula is C17H20FNO2S. The highest BCUT2D eigenvalue weighted by molar-refractivity contribution is 7.84. The van der Waals surface area contributed by atoms with Gasteiger partial charge in [0.1, 0.15) is 5.82 Å². The van der Waals surface area contributed by atoms with Crippen LogP contribution in [0.5, 0.6) is 0 Å². The molecule has 2 aromatic rings. The zero-order valence-corrected chi connectivity index (χ0v) is 13.4. The maximum absolute atomic E-state index is 13.6. The van der Waals surface area contributed by atoms with E-state index >= 15 is 0 Å². The topological polar surface area (TPSA) is 49.3 Å². The molecule has 0 saturated heterocycles. The monoisotopic (exact) mass is 321 g/mol. The van der Waals surface area contributed by atoms with Crippen molar-refractivity contribution in [2.75, 3.05) is 12.8 Å². The lowest BCUT2D eigenvalue weighted by Crippen LogP contribution is -2.25. The summed E-state index contributed by atoms with van der Waals surface area (Å²) in [6, 6.07) is 13.7. The van der Waals surface area contributed by atoms with Crippen molar-refractivity contribution in [3.8, 4) is 0 Å². The Morgan fingerprint density at radius 2 is 1.82 bits per heavy atom. The number of aliphatic hydroxyl groups is 1. The first-order valence-electron chi connectivity index (χ1n) is 7.08. The number of halogens is 1. The van der Waals surface area contributed by atoms with E-state index in [2.05, 4.69) is 5.32 Å². The molecule has 0 aromatic heterocycles. The fourth-order valence-corrected chi connectivity index (χ4v) is 2.73. The normalized spacial score (nSPS) is 15.3. The number of benzene rings is 2. The molecule has 3 atom stereocenters. The first-order chi connectivity index (χ1) is 10.5. The molecule has 3 nitrogen and oxygen atoms in total. The van der Waals surface area contributed by atoms with Gasteiger partial charge in [0.2, 0.25) is 0 Å².